The Labute approximate surface area is 106 Å². The van der Waals surface area contributed by atoms with Crippen LogP contribution < -0.4 is 0 Å². The summed E-state index contributed by atoms with van der Waals surface area (Å²) in [6.45, 7) is 8.51. The molecule has 0 spiro atoms. The zero-order valence-electron chi connectivity index (χ0n) is 11.9. The Hall–Kier alpha value is -0.590. The van der Waals surface area contributed by atoms with Crippen LogP contribution in [0.15, 0.2) is 0 Å². The van der Waals surface area contributed by atoms with Crippen LogP contribution in [-0.4, -0.2) is 50.1 Å². The molecule has 17 heavy (non-hydrogen) atoms. The fraction of sp³-hybridized carbons (Fsp3) is 0.929. The van der Waals surface area contributed by atoms with Gasteiger partial charge in [0.15, 0.2) is 0 Å². The summed E-state index contributed by atoms with van der Waals surface area (Å²) in [4.78, 5) is 4.74. The summed E-state index contributed by atoms with van der Waals surface area (Å²) in [5.41, 5.74) is -0.224. The summed E-state index contributed by atoms with van der Waals surface area (Å²) >= 11 is 0. The van der Waals surface area contributed by atoms with Gasteiger partial charge in [0.05, 0.1) is 11.5 Å². The van der Waals surface area contributed by atoms with Crippen LogP contribution >= 0.6 is 0 Å². The third kappa shape index (κ3) is 5.52. The molecular formula is C14H27N3. The van der Waals surface area contributed by atoms with E-state index in [0.717, 1.165) is 19.0 Å². The van der Waals surface area contributed by atoms with E-state index in [-0.39, 0.29) is 5.41 Å². The Morgan fingerprint density at radius 1 is 1.47 bits per heavy atom. The Kier molecular flexibility index (Phi) is 5.42. The van der Waals surface area contributed by atoms with Crippen molar-refractivity contribution in [3.8, 4) is 6.07 Å². The quantitative estimate of drug-likeness (QED) is 0.734. The molecular weight excluding hydrogens is 210 g/mol. The van der Waals surface area contributed by atoms with Crippen LogP contribution in [0.2, 0.25) is 0 Å². The molecule has 0 aromatic carbocycles. The lowest BCUT2D eigenvalue weighted by molar-refractivity contribution is 0.176. The number of rotatable bonds is 5. The van der Waals surface area contributed by atoms with E-state index in [2.05, 4.69) is 30.0 Å². The third-order valence-corrected chi connectivity index (χ3v) is 3.61. The Morgan fingerprint density at radius 3 is 2.76 bits per heavy atom. The fourth-order valence-electron chi connectivity index (χ4n) is 2.70. The zero-order chi connectivity index (χ0) is 12.9. The van der Waals surface area contributed by atoms with Gasteiger partial charge in [0.1, 0.15) is 0 Å². The van der Waals surface area contributed by atoms with Crippen molar-refractivity contribution >= 4 is 0 Å². The van der Waals surface area contributed by atoms with E-state index in [1.54, 1.807) is 0 Å². The zero-order valence-corrected chi connectivity index (χ0v) is 11.9. The maximum absolute atomic E-state index is 9.01. The topological polar surface area (TPSA) is 30.3 Å². The van der Waals surface area contributed by atoms with Crippen LogP contribution in [0.5, 0.6) is 0 Å². The molecule has 1 atom stereocenters. The number of nitriles is 1. The van der Waals surface area contributed by atoms with Gasteiger partial charge in [-0.15, -0.1) is 0 Å². The number of piperidine rings is 1. The first-order chi connectivity index (χ1) is 7.93. The van der Waals surface area contributed by atoms with E-state index in [4.69, 9.17) is 5.26 Å². The lowest BCUT2D eigenvalue weighted by Gasteiger charge is -2.31. The summed E-state index contributed by atoms with van der Waals surface area (Å²) < 4.78 is 0. The van der Waals surface area contributed by atoms with Crippen molar-refractivity contribution < 1.29 is 0 Å². The van der Waals surface area contributed by atoms with E-state index in [9.17, 15) is 0 Å². The molecule has 1 rings (SSSR count). The van der Waals surface area contributed by atoms with Crippen molar-refractivity contribution in [2.45, 2.75) is 33.1 Å². The van der Waals surface area contributed by atoms with Gasteiger partial charge in [0.2, 0.25) is 0 Å². The molecule has 0 radical (unpaired) electrons. The molecule has 1 saturated heterocycles. The predicted molar refractivity (Wildman–Crippen MR) is 71.7 cm³/mol. The van der Waals surface area contributed by atoms with Crippen molar-refractivity contribution in [3.05, 3.63) is 0 Å². The predicted octanol–water partition coefficient (Wildman–Crippen LogP) is 2.20. The van der Waals surface area contributed by atoms with E-state index >= 15 is 0 Å². The minimum absolute atomic E-state index is 0.224. The number of nitrogens with zero attached hydrogens (tertiary/aromatic N) is 3. The highest BCUT2D eigenvalue weighted by molar-refractivity contribution is 4.93. The first kappa shape index (κ1) is 14.5. The van der Waals surface area contributed by atoms with Gasteiger partial charge in [-0.25, -0.2) is 0 Å². The number of hydrogen-bond donors (Lipinski definition) is 0. The van der Waals surface area contributed by atoms with Gasteiger partial charge in [-0.05, 0) is 66.2 Å². The maximum Gasteiger partial charge on any atom is 0.0697 e. The molecule has 1 heterocycles. The van der Waals surface area contributed by atoms with Crippen LogP contribution in [0.25, 0.3) is 0 Å². The molecule has 0 bridgehead atoms. The van der Waals surface area contributed by atoms with Gasteiger partial charge in [-0.2, -0.15) is 5.26 Å². The lowest BCUT2D eigenvalue weighted by Crippen LogP contribution is -2.36. The molecule has 1 aliphatic heterocycles. The first-order valence-electron chi connectivity index (χ1n) is 6.71. The molecule has 0 saturated carbocycles. The maximum atomic E-state index is 9.01. The second-order valence-corrected chi connectivity index (χ2v) is 6.29. The molecule has 1 aliphatic rings. The van der Waals surface area contributed by atoms with Crippen molar-refractivity contribution in [2.75, 3.05) is 40.3 Å². The average Bonchev–Trinajstić information content (AvgIpc) is 2.26. The molecule has 1 fully saturated rings. The van der Waals surface area contributed by atoms with Gasteiger partial charge in [-0.3, -0.25) is 0 Å². The molecule has 0 N–H and O–H groups in total. The molecule has 98 valence electrons. The summed E-state index contributed by atoms with van der Waals surface area (Å²) in [5, 5.41) is 9.01. The highest BCUT2D eigenvalue weighted by atomic mass is 15.1. The largest absolute Gasteiger partial charge is 0.306 e. The van der Waals surface area contributed by atoms with Crippen LogP contribution in [0.4, 0.5) is 0 Å². The van der Waals surface area contributed by atoms with Crippen LogP contribution in [0.1, 0.15) is 33.1 Å². The van der Waals surface area contributed by atoms with Gasteiger partial charge in [0, 0.05) is 13.1 Å². The van der Waals surface area contributed by atoms with Crippen molar-refractivity contribution in [1.82, 2.24) is 9.80 Å². The highest BCUT2D eigenvalue weighted by Gasteiger charge is 2.21. The van der Waals surface area contributed by atoms with E-state index in [1.165, 1.54) is 32.4 Å². The number of hydrogen-bond acceptors (Lipinski definition) is 3. The SMILES string of the molecule is CN1CCCC(CCN(C)CC(C)(C)C#N)C1. The van der Waals surface area contributed by atoms with Crippen molar-refractivity contribution in [3.63, 3.8) is 0 Å². The smallest absolute Gasteiger partial charge is 0.0697 e. The summed E-state index contributed by atoms with van der Waals surface area (Å²) in [5.74, 6) is 0.849. The Balaban J connectivity index is 2.24. The average molecular weight is 237 g/mol. The molecule has 0 aliphatic carbocycles. The Morgan fingerprint density at radius 2 is 2.18 bits per heavy atom. The second-order valence-electron chi connectivity index (χ2n) is 6.29. The monoisotopic (exact) mass is 237 g/mol. The van der Waals surface area contributed by atoms with E-state index < -0.39 is 0 Å². The summed E-state index contributed by atoms with van der Waals surface area (Å²) in [6.07, 6.45) is 3.98. The normalized spacial score (nSPS) is 22.7. The minimum atomic E-state index is -0.224. The Bertz CT molecular complexity index is 267. The van der Waals surface area contributed by atoms with E-state index in [0.29, 0.717) is 0 Å². The van der Waals surface area contributed by atoms with Crippen LogP contribution in [-0.2, 0) is 0 Å². The molecule has 0 aromatic heterocycles. The van der Waals surface area contributed by atoms with Gasteiger partial charge in [-0.1, -0.05) is 0 Å². The van der Waals surface area contributed by atoms with Crippen molar-refractivity contribution in [2.24, 2.45) is 11.3 Å². The molecule has 0 amide bonds. The third-order valence-electron chi connectivity index (χ3n) is 3.61. The van der Waals surface area contributed by atoms with E-state index in [1.807, 2.05) is 13.8 Å². The minimum Gasteiger partial charge on any atom is -0.306 e. The summed E-state index contributed by atoms with van der Waals surface area (Å²) in [6, 6.07) is 2.37. The summed E-state index contributed by atoms with van der Waals surface area (Å²) in [7, 11) is 4.35. The standard InChI is InChI=1S/C14H27N3/c1-14(2,11-15)12-17(4)9-7-13-6-5-8-16(3)10-13/h13H,5-10,12H2,1-4H3. The highest BCUT2D eigenvalue weighted by Crippen LogP contribution is 2.20. The van der Waals surface area contributed by atoms with Crippen LogP contribution in [0, 0.1) is 22.7 Å². The fourth-order valence-corrected chi connectivity index (χ4v) is 2.70. The van der Waals surface area contributed by atoms with Crippen molar-refractivity contribution in [1.29, 1.82) is 5.26 Å². The molecule has 3 heteroatoms. The van der Waals surface area contributed by atoms with Gasteiger partial charge >= 0.3 is 0 Å². The van der Waals surface area contributed by atoms with Crippen LogP contribution in [0.3, 0.4) is 0 Å². The molecule has 0 aromatic rings. The number of likely N-dealkylation sites (tertiary alicyclic amines) is 1. The molecule has 1 unspecified atom stereocenters. The second kappa shape index (κ2) is 6.37. The lowest BCUT2D eigenvalue weighted by atomic mass is 9.93. The first-order valence-corrected chi connectivity index (χ1v) is 6.71. The van der Waals surface area contributed by atoms with Gasteiger partial charge in [0.25, 0.3) is 0 Å². The molecule has 3 nitrogen and oxygen atoms in total. The van der Waals surface area contributed by atoms with Gasteiger partial charge < -0.3 is 9.80 Å².